The number of rotatable bonds is 7. The minimum absolute atomic E-state index is 0.168. The van der Waals surface area contributed by atoms with Crippen molar-refractivity contribution in [3.63, 3.8) is 0 Å². The number of aryl methyl sites for hydroxylation is 2. The molecular weight excluding hydrogens is 552 g/mol. The Balaban J connectivity index is 1.47. The van der Waals surface area contributed by atoms with E-state index in [1.165, 1.54) is 0 Å². The normalized spacial score (nSPS) is 10.9. The van der Waals surface area contributed by atoms with E-state index < -0.39 is 5.91 Å². The van der Waals surface area contributed by atoms with Crippen LogP contribution in [0.1, 0.15) is 38.5 Å². The summed E-state index contributed by atoms with van der Waals surface area (Å²) in [4.78, 5) is 13.0. The third-order valence-corrected chi connectivity index (χ3v) is 6.44. The molecule has 0 saturated heterocycles. The number of hydrogen-bond acceptors (Lipinski definition) is 5. The maximum atomic E-state index is 13.0. The number of ether oxygens (including phenoxy) is 1. The van der Waals surface area contributed by atoms with Crippen LogP contribution in [0.3, 0.4) is 0 Å². The second-order valence-electron chi connectivity index (χ2n) is 7.66. The van der Waals surface area contributed by atoms with Gasteiger partial charge in [0.1, 0.15) is 18.1 Å². The summed E-state index contributed by atoms with van der Waals surface area (Å²) < 4.78 is 14.7. The number of carbonyl (C=O) groups is 1. The molecule has 33 heavy (non-hydrogen) atoms. The van der Waals surface area contributed by atoms with E-state index in [4.69, 9.17) is 9.26 Å². The van der Waals surface area contributed by atoms with Crippen LogP contribution in [0.2, 0.25) is 0 Å². The quantitative estimate of drug-likeness (QED) is 0.284. The van der Waals surface area contributed by atoms with Gasteiger partial charge in [0.05, 0.1) is 16.6 Å². The van der Waals surface area contributed by atoms with Crippen LogP contribution < -0.4 is 10.1 Å². The molecule has 0 aliphatic heterocycles. The number of aromatic nitrogens is 3. The molecule has 0 atom stereocenters. The zero-order valence-electron chi connectivity index (χ0n) is 18.4. The Hall–Kier alpha value is -2.91. The van der Waals surface area contributed by atoms with Crippen molar-refractivity contribution in [3.8, 4) is 5.75 Å². The Labute approximate surface area is 208 Å². The zero-order valence-corrected chi connectivity index (χ0v) is 21.5. The van der Waals surface area contributed by atoms with Crippen molar-refractivity contribution in [3.05, 3.63) is 91.3 Å². The van der Waals surface area contributed by atoms with Crippen LogP contribution >= 0.6 is 31.9 Å². The lowest BCUT2D eigenvalue weighted by Crippen LogP contribution is -2.16. The molecule has 0 radical (unpaired) electrons. The lowest BCUT2D eigenvalue weighted by atomic mass is 10.1. The summed E-state index contributed by atoms with van der Waals surface area (Å²) >= 11 is 6.90. The summed E-state index contributed by atoms with van der Waals surface area (Å²) in [6, 6.07) is 13.8. The van der Waals surface area contributed by atoms with Crippen LogP contribution in [-0.2, 0) is 13.2 Å². The van der Waals surface area contributed by atoms with E-state index in [0.717, 1.165) is 26.9 Å². The van der Waals surface area contributed by atoms with E-state index in [9.17, 15) is 4.79 Å². The van der Waals surface area contributed by atoms with Gasteiger partial charge in [0, 0.05) is 10.7 Å². The van der Waals surface area contributed by atoms with E-state index in [0.29, 0.717) is 28.2 Å². The average molecular weight is 574 g/mol. The minimum Gasteiger partial charge on any atom is -0.488 e. The number of carbonyl (C=O) groups excluding carboxylic acids is 1. The number of hydrogen-bond donors (Lipinski definition) is 1. The molecule has 1 amide bonds. The molecule has 2 heterocycles. The van der Waals surface area contributed by atoms with Crippen LogP contribution in [0.25, 0.3) is 0 Å². The number of amides is 1. The molecular formula is C24H22Br2N4O3. The van der Waals surface area contributed by atoms with Gasteiger partial charge in [-0.25, -0.2) is 0 Å². The predicted molar refractivity (Wildman–Crippen MR) is 133 cm³/mol. The monoisotopic (exact) mass is 572 g/mol. The molecule has 0 bridgehead atoms. The first-order chi connectivity index (χ1) is 15.8. The first kappa shape index (κ1) is 23.3. The Morgan fingerprint density at radius 1 is 1.12 bits per heavy atom. The van der Waals surface area contributed by atoms with Crippen molar-refractivity contribution in [2.45, 2.75) is 33.9 Å². The topological polar surface area (TPSA) is 82.2 Å². The molecule has 0 aliphatic rings. The van der Waals surface area contributed by atoms with Gasteiger partial charge in [-0.05, 0) is 71.6 Å². The smallest absolute Gasteiger partial charge is 0.279 e. The van der Waals surface area contributed by atoms with Gasteiger partial charge < -0.3 is 14.6 Å². The predicted octanol–water partition coefficient (Wildman–Crippen LogP) is 6.20. The molecule has 1 N–H and O–H groups in total. The fourth-order valence-corrected chi connectivity index (χ4v) is 3.96. The van der Waals surface area contributed by atoms with Crippen LogP contribution in [-0.4, -0.2) is 20.8 Å². The zero-order chi connectivity index (χ0) is 23.5. The lowest BCUT2D eigenvalue weighted by molar-refractivity contribution is 0.101. The van der Waals surface area contributed by atoms with Crippen molar-refractivity contribution in [1.29, 1.82) is 0 Å². The van der Waals surface area contributed by atoms with Gasteiger partial charge in [0.2, 0.25) is 0 Å². The summed E-state index contributed by atoms with van der Waals surface area (Å²) in [5, 5.41) is 11.2. The van der Waals surface area contributed by atoms with Gasteiger partial charge >= 0.3 is 0 Å². The first-order valence-corrected chi connectivity index (χ1v) is 11.8. The van der Waals surface area contributed by atoms with Crippen molar-refractivity contribution in [1.82, 2.24) is 14.9 Å². The maximum absolute atomic E-state index is 13.0. The highest BCUT2D eigenvalue weighted by molar-refractivity contribution is 9.10. The van der Waals surface area contributed by atoms with Gasteiger partial charge in [-0.2, -0.15) is 5.10 Å². The van der Waals surface area contributed by atoms with Crippen LogP contribution in [0.5, 0.6) is 5.75 Å². The molecule has 2 aromatic heterocycles. The molecule has 170 valence electrons. The van der Waals surface area contributed by atoms with E-state index in [1.54, 1.807) is 11.6 Å². The van der Waals surface area contributed by atoms with Gasteiger partial charge in [-0.15, -0.1) is 0 Å². The molecule has 0 unspecified atom stereocenters. The highest BCUT2D eigenvalue weighted by Gasteiger charge is 2.22. The fraction of sp³-hybridized carbons (Fsp3) is 0.208. The Morgan fingerprint density at radius 3 is 2.64 bits per heavy atom. The minimum atomic E-state index is -0.416. The summed E-state index contributed by atoms with van der Waals surface area (Å²) in [6.07, 6.45) is 1.82. The van der Waals surface area contributed by atoms with Gasteiger partial charge in [0.15, 0.2) is 11.5 Å². The van der Waals surface area contributed by atoms with Gasteiger partial charge in [-0.1, -0.05) is 45.4 Å². The van der Waals surface area contributed by atoms with Crippen molar-refractivity contribution in [2.75, 3.05) is 5.32 Å². The van der Waals surface area contributed by atoms with Gasteiger partial charge in [0.25, 0.3) is 5.91 Å². The molecule has 4 aromatic rings. The van der Waals surface area contributed by atoms with E-state index in [-0.39, 0.29) is 12.3 Å². The highest BCUT2D eigenvalue weighted by atomic mass is 79.9. The van der Waals surface area contributed by atoms with Crippen LogP contribution in [0, 0.1) is 20.8 Å². The Bertz CT molecular complexity index is 1300. The number of benzene rings is 2. The van der Waals surface area contributed by atoms with E-state index in [2.05, 4.69) is 47.4 Å². The molecule has 0 fully saturated rings. The highest BCUT2D eigenvalue weighted by Crippen LogP contribution is 2.25. The molecule has 9 heteroatoms. The third-order valence-electron chi connectivity index (χ3n) is 5.33. The maximum Gasteiger partial charge on any atom is 0.279 e. The fourth-order valence-electron chi connectivity index (χ4n) is 3.28. The summed E-state index contributed by atoms with van der Waals surface area (Å²) in [5.41, 5.74) is 4.05. The SMILES string of the molecule is Cc1cccc(OCc2c(C(=O)Nc3nn(Cc4ccc(Br)cc4)cc3Br)noc2C)c1C. The number of halogens is 2. The molecule has 7 nitrogen and oxygen atoms in total. The number of anilines is 1. The van der Waals surface area contributed by atoms with Crippen molar-refractivity contribution < 1.29 is 14.1 Å². The first-order valence-electron chi connectivity index (χ1n) is 10.2. The Morgan fingerprint density at radius 2 is 1.88 bits per heavy atom. The standard InChI is InChI=1S/C24H22Br2N4O3/c1-14-5-4-6-21(15(14)2)32-13-19-16(3)33-29-22(19)24(31)27-23-20(26)12-30(28-23)11-17-7-9-18(25)10-8-17/h4-10,12H,11,13H2,1-3H3,(H,27,28,31). The van der Waals surface area contributed by atoms with Crippen molar-refractivity contribution >= 4 is 43.6 Å². The van der Waals surface area contributed by atoms with E-state index in [1.807, 2.05) is 62.5 Å². The molecule has 2 aromatic carbocycles. The van der Waals surface area contributed by atoms with Crippen molar-refractivity contribution in [2.24, 2.45) is 0 Å². The molecule has 4 rings (SSSR count). The second kappa shape index (κ2) is 9.93. The largest absolute Gasteiger partial charge is 0.488 e. The molecule has 0 spiro atoms. The summed E-state index contributed by atoms with van der Waals surface area (Å²) in [5.74, 6) is 1.28. The molecule has 0 aliphatic carbocycles. The third kappa shape index (κ3) is 5.36. The number of nitrogens with one attached hydrogen (secondary N) is 1. The molecule has 0 saturated carbocycles. The second-order valence-corrected chi connectivity index (χ2v) is 9.43. The van der Waals surface area contributed by atoms with Crippen LogP contribution in [0.4, 0.5) is 5.82 Å². The summed E-state index contributed by atoms with van der Waals surface area (Å²) in [6.45, 7) is 6.52. The average Bonchev–Trinajstić information content (AvgIpc) is 3.32. The van der Waals surface area contributed by atoms with E-state index >= 15 is 0 Å². The van der Waals surface area contributed by atoms with Crippen LogP contribution in [0.15, 0.2) is 62.1 Å². The number of nitrogens with zero attached hydrogens (tertiary/aromatic N) is 3. The lowest BCUT2D eigenvalue weighted by Gasteiger charge is -2.11. The summed E-state index contributed by atoms with van der Waals surface area (Å²) in [7, 11) is 0. The Kier molecular flexibility index (Phi) is 6.99. The van der Waals surface area contributed by atoms with Gasteiger partial charge in [-0.3, -0.25) is 9.48 Å².